The Labute approximate surface area is 468 Å². The summed E-state index contributed by atoms with van der Waals surface area (Å²) >= 11 is 0. The van der Waals surface area contributed by atoms with E-state index >= 15 is 0 Å². The van der Waals surface area contributed by atoms with Crippen molar-refractivity contribution in [2.45, 2.75) is 227 Å². The minimum Gasteiger partial charge on any atom is -0.394 e. The third-order valence-electron chi connectivity index (χ3n) is 15.4. The maximum atomic E-state index is 11.9. The van der Waals surface area contributed by atoms with Crippen LogP contribution in [0.15, 0.2) is 0 Å². The topological polar surface area (TPSA) is 604 Å². The maximum absolute atomic E-state index is 11.9. The van der Waals surface area contributed by atoms with Crippen LogP contribution >= 0.6 is 0 Å². The van der Waals surface area contributed by atoms with Crippen LogP contribution in [0.3, 0.4) is 0 Å². The summed E-state index contributed by atoms with van der Waals surface area (Å²) in [6.45, 7) is -6.35. The van der Waals surface area contributed by atoms with Crippen molar-refractivity contribution in [3.8, 4) is 0 Å². The lowest BCUT2D eigenvalue weighted by Crippen LogP contribution is -2.68. The molecule has 484 valence electrons. The van der Waals surface area contributed by atoms with E-state index in [1.807, 2.05) is 0 Å². The summed E-state index contributed by atoms with van der Waals surface area (Å²) in [6, 6.07) is 0. The van der Waals surface area contributed by atoms with Gasteiger partial charge < -0.3 is 189 Å². The second-order valence-electron chi connectivity index (χ2n) is 21.2. The van der Waals surface area contributed by atoms with E-state index in [-0.39, 0.29) is 0 Å². The second kappa shape index (κ2) is 29.0. The summed E-state index contributed by atoms with van der Waals surface area (Å²) in [5.74, 6) is 0. The molecular formula is C45H76O38. The summed E-state index contributed by atoms with van der Waals surface area (Å²) in [7, 11) is 0. The van der Waals surface area contributed by atoms with Crippen LogP contribution in [0.2, 0.25) is 0 Å². The molecule has 83 heavy (non-hydrogen) atoms. The molecule has 0 spiro atoms. The molecule has 9 unspecified atom stereocenters. The number of aliphatic hydroxyl groups is 23. The Morgan fingerprint density at radius 1 is 0.253 bits per heavy atom. The molecule has 8 fully saturated rings. The monoisotopic (exact) mass is 1220 g/mol. The molecule has 8 aliphatic rings. The Morgan fingerprint density at radius 2 is 0.566 bits per heavy atom. The fourth-order valence-corrected chi connectivity index (χ4v) is 10.3. The van der Waals surface area contributed by atoms with Gasteiger partial charge in [0.25, 0.3) is 0 Å². The molecule has 0 amide bonds. The lowest BCUT2D eigenvalue weighted by Gasteiger charge is -2.49. The van der Waals surface area contributed by atoms with Crippen molar-refractivity contribution in [3.63, 3.8) is 0 Å². The zero-order valence-electron chi connectivity index (χ0n) is 43.4. The van der Waals surface area contributed by atoms with E-state index in [0.717, 1.165) is 0 Å². The van der Waals surface area contributed by atoms with Crippen LogP contribution < -0.4 is 0 Å². The van der Waals surface area contributed by atoms with E-state index in [2.05, 4.69) is 0 Å². The molecule has 8 heterocycles. The number of aliphatic hydroxyl groups excluding tert-OH is 23. The minimum absolute atomic E-state index is 0.496. The van der Waals surface area contributed by atoms with Gasteiger partial charge in [0.1, 0.15) is 177 Å². The highest BCUT2D eigenvalue weighted by Gasteiger charge is 2.57. The number of hydrogen-bond donors (Lipinski definition) is 23. The second-order valence-corrected chi connectivity index (χ2v) is 21.2. The van der Waals surface area contributed by atoms with Crippen LogP contribution in [-0.2, 0) is 71.1 Å². The van der Waals surface area contributed by atoms with Crippen molar-refractivity contribution in [1.29, 1.82) is 0 Å². The van der Waals surface area contributed by atoms with Gasteiger partial charge in [-0.1, -0.05) is 0 Å². The Hall–Kier alpha value is -1.52. The van der Waals surface area contributed by atoms with E-state index in [1.165, 1.54) is 0 Å². The van der Waals surface area contributed by atoms with Gasteiger partial charge in [-0.3, -0.25) is 0 Å². The van der Waals surface area contributed by atoms with E-state index in [4.69, 9.17) is 71.1 Å². The molecule has 38 heteroatoms. The maximum Gasteiger partial charge on any atom is 0.187 e. The van der Waals surface area contributed by atoms with Gasteiger partial charge >= 0.3 is 0 Å². The lowest BCUT2D eigenvalue weighted by molar-refractivity contribution is -0.395. The molecule has 8 rings (SSSR count). The molecular weight excluding hydrogens is 1150 g/mol. The van der Waals surface area contributed by atoms with Crippen LogP contribution in [0.1, 0.15) is 0 Å². The number of rotatable bonds is 19. The number of hydrogen-bond acceptors (Lipinski definition) is 38. The fourth-order valence-electron chi connectivity index (χ4n) is 10.3. The van der Waals surface area contributed by atoms with E-state index in [0.29, 0.717) is 0 Å². The fraction of sp³-hybridized carbons (Fsp3) is 1.00. The van der Waals surface area contributed by atoms with Gasteiger partial charge in [0.2, 0.25) is 0 Å². The molecule has 0 aliphatic carbocycles. The van der Waals surface area contributed by atoms with Gasteiger partial charge in [0.05, 0.1) is 52.9 Å². The van der Waals surface area contributed by atoms with Crippen molar-refractivity contribution in [3.05, 3.63) is 0 Å². The van der Waals surface area contributed by atoms with Gasteiger partial charge in [0.15, 0.2) is 50.3 Å². The van der Waals surface area contributed by atoms with Gasteiger partial charge in [0, 0.05) is 0 Å². The molecule has 8 aliphatic heterocycles. The predicted octanol–water partition coefficient (Wildman–Crippen LogP) is -16.5. The molecule has 0 aromatic carbocycles. The van der Waals surface area contributed by atoms with Crippen molar-refractivity contribution in [1.82, 2.24) is 0 Å². The van der Waals surface area contributed by atoms with Crippen molar-refractivity contribution >= 4 is 0 Å². The number of ether oxygens (including phenoxy) is 15. The normalized spacial score (nSPS) is 53.9. The van der Waals surface area contributed by atoms with Crippen molar-refractivity contribution in [2.24, 2.45) is 0 Å². The van der Waals surface area contributed by atoms with Gasteiger partial charge in [-0.05, 0) is 0 Å². The Bertz CT molecular complexity index is 1970. The first-order valence-corrected chi connectivity index (χ1v) is 26.4. The summed E-state index contributed by atoms with van der Waals surface area (Å²) in [4.78, 5) is 0. The molecule has 23 N–H and O–H groups in total. The van der Waals surface area contributed by atoms with Crippen LogP contribution in [0.5, 0.6) is 0 Å². The SMILES string of the molecule is OC[C@H]1O[C@@H](OC2C(OC[C@H]3O[C@@H](O[C@H]4[C@H](O)[C@@H](O)[C@H](O)O[C@@H]4CO)[C@H](O)[C@@H](O)[C@@H]3O[C@@H]3O[C@H](COC4OCC(O)[C@H](O)C4O)[C@@H](O[C@@H]4O[C@H](COC5OCC(O)[C@H](O)C5O)[C@@H](O)[C@H](O)[C@H]4O)[C@H](O)[C@H]3O)OCC(O)[C@@H]2O)[C@H](O)[C@@H](O)[C@H]1O. The molecule has 8 saturated heterocycles. The molecule has 37 atom stereocenters. The Kier molecular flexibility index (Phi) is 23.5. The van der Waals surface area contributed by atoms with Gasteiger partial charge in [-0.2, -0.15) is 0 Å². The third-order valence-corrected chi connectivity index (χ3v) is 15.4. The average Bonchev–Trinajstić information content (AvgIpc) is 3.67. The highest BCUT2D eigenvalue weighted by Crippen LogP contribution is 2.37. The molecule has 0 saturated carbocycles. The predicted molar refractivity (Wildman–Crippen MR) is 246 cm³/mol. The summed E-state index contributed by atoms with van der Waals surface area (Å²) < 4.78 is 84.8. The zero-order chi connectivity index (χ0) is 60.6. The van der Waals surface area contributed by atoms with Crippen molar-refractivity contribution < 1.29 is 189 Å². The Balaban J connectivity index is 1.05. The quantitative estimate of drug-likeness (QED) is 0.0571. The third kappa shape index (κ3) is 14.6. The van der Waals surface area contributed by atoms with Gasteiger partial charge in [-0.15, -0.1) is 0 Å². The first kappa shape index (κ1) is 67.4. The highest BCUT2D eigenvalue weighted by atomic mass is 16.8. The molecule has 0 radical (unpaired) electrons. The van der Waals surface area contributed by atoms with Crippen molar-refractivity contribution in [2.75, 3.05) is 52.9 Å². The Morgan fingerprint density at radius 3 is 1.01 bits per heavy atom. The van der Waals surface area contributed by atoms with E-state index < -0.39 is 280 Å². The van der Waals surface area contributed by atoms with E-state index in [1.54, 1.807) is 0 Å². The molecule has 0 bridgehead atoms. The first-order valence-electron chi connectivity index (χ1n) is 26.4. The van der Waals surface area contributed by atoms with Crippen LogP contribution in [-0.4, -0.2) is 398 Å². The minimum atomic E-state index is -2.38. The lowest BCUT2D eigenvalue weighted by atomic mass is 9.95. The smallest absolute Gasteiger partial charge is 0.187 e. The van der Waals surface area contributed by atoms with Gasteiger partial charge in [-0.25, -0.2) is 0 Å². The van der Waals surface area contributed by atoms with E-state index in [9.17, 15) is 117 Å². The highest BCUT2D eigenvalue weighted by molar-refractivity contribution is 5.00. The largest absolute Gasteiger partial charge is 0.394 e. The molecule has 0 aromatic heterocycles. The standard InChI is InChI=1S/C45H76O38/c46-1-12-20(54)22(56)30(64)41(76-12)83-37-19(53)11(50)5-71-45(37)74-8-16-36(25(59)32(66)43(79-16)80-34-13(2-47)75-38(68)27(61)24(34)58)82-44-33(67)26(60)35(15(78-44)7-73-40-29(63)18(52)10(49)4-70-40)81-42-31(65)23(57)21(55)14(77-42)6-72-39-28(62)17(51)9(48)3-69-39/h9-68H,1-8H2/t9?,10?,11?,12-,13-,14-,15-,16-,17+,18+,19+,20+,21-,22+,23+,24-,25-,26-,27-,28?,29?,30-,31-,32-,33-,34-,35-,36-,37?,38-,39?,40?,41+,42+,43+,44+,45?/m1/s1. The van der Waals surface area contributed by atoms with Crippen LogP contribution in [0.4, 0.5) is 0 Å². The summed E-state index contributed by atoms with van der Waals surface area (Å²) in [6.07, 6.45) is -72.2. The zero-order valence-corrected chi connectivity index (χ0v) is 43.4. The summed E-state index contributed by atoms with van der Waals surface area (Å²) in [5, 5.41) is 246. The summed E-state index contributed by atoms with van der Waals surface area (Å²) in [5.41, 5.74) is 0. The van der Waals surface area contributed by atoms with Crippen LogP contribution in [0.25, 0.3) is 0 Å². The molecule has 38 nitrogen and oxygen atoms in total. The van der Waals surface area contributed by atoms with Crippen LogP contribution in [0, 0.1) is 0 Å². The first-order chi connectivity index (χ1) is 39.3. The average molecular weight is 1230 g/mol. The molecule has 0 aromatic rings.